The Morgan fingerprint density at radius 1 is 0.971 bits per heavy atom. The Balaban J connectivity index is 1.19. The zero-order valence-corrected chi connectivity index (χ0v) is 19.6. The summed E-state index contributed by atoms with van der Waals surface area (Å²) in [5.41, 5.74) is 1.19. The smallest absolute Gasteiger partial charge is 0.240 e. The minimum atomic E-state index is -3.60. The van der Waals surface area contributed by atoms with E-state index in [2.05, 4.69) is 14.5 Å². The molecule has 2 unspecified atom stereocenters. The summed E-state index contributed by atoms with van der Waals surface area (Å²) in [5, 5.41) is 8.84. The Kier molecular flexibility index (Phi) is 7.91. The molecule has 2 heterocycles. The minimum Gasteiger partial charge on any atom is -0.370 e. The van der Waals surface area contributed by atoms with Crippen molar-refractivity contribution in [1.82, 2.24) is 14.5 Å². The van der Waals surface area contributed by atoms with Gasteiger partial charge in [-0.25, -0.2) is 21.9 Å². The van der Waals surface area contributed by atoms with E-state index in [1.807, 2.05) is 6.07 Å². The average molecular weight is 491 g/mol. The molecule has 2 atom stereocenters. The van der Waals surface area contributed by atoms with E-state index in [4.69, 9.17) is 10.00 Å². The van der Waals surface area contributed by atoms with Gasteiger partial charge in [0.2, 0.25) is 10.0 Å². The molecule has 0 spiro atoms. The lowest BCUT2D eigenvalue weighted by molar-refractivity contribution is -0.138. The number of fused-ring (bicyclic) bond motifs is 2. The third kappa shape index (κ3) is 6.37. The van der Waals surface area contributed by atoms with E-state index in [0.717, 1.165) is 44.8 Å². The van der Waals surface area contributed by atoms with Crippen LogP contribution in [0.15, 0.2) is 47.4 Å². The van der Waals surface area contributed by atoms with Gasteiger partial charge in [0.1, 0.15) is 0 Å². The second kappa shape index (κ2) is 10.9. The fraction of sp³-hybridized carbons (Fsp3) is 0.458. The zero-order chi connectivity index (χ0) is 24.1. The van der Waals surface area contributed by atoms with E-state index in [-0.39, 0.29) is 17.1 Å². The summed E-state index contributed by atoms with van der Waals surface area (Å²) in [6.07, 6.45) is 1.48. The van der Waals surface area contributed by atoms with Crippen LogP contribution in [0.5, 0.6) is 0 Å². The van der Waals surface area contributed by atoms with Gasteiger partial charge in [-0.3, -0.25) is 9.80 Å². The summed E-state index contributed by atoms with van der Waals surface area (Å²) in [7, 11) is -3.60. The highest BCUT2D eigenvalue weighted by molar-refractivity contribution is 7.89. The van der Waals surface area contributed by atoms with Gasteiger partial charge in [-0.1, -0.05) is 6.07 Å². The molecule has 2 bridgehead atoms. The van der Waals surface area contributed by atoms with E-state index >= 15 is 0 Å². The van der Waals surface area contributed by atoms with Gasteiger partial charge in [0.15, 0.2) is 11.6 Å². The van der Waals surface area contributed by atoms with Crippen molar-refractivity contribution in [2.45, 2.75) is 29.9 Å². The topological polar surface area (TPSA) is 85.7 Å². The number of hydrogen-bond acceptors (Lipinski definition) is 6. The average Bonchev–Trinajstić information content (AvgIpc) is 2.82. The van der Waals surface area contributed by atoms with Crippen molar-refractivity contribution < 1.29 is 21.9 Å². The van der Waals surface area contributed by atoms with Crippen LogP contribution in [0.3, 0.4) is 0 Å². The molecule has 4 rings (SSSR count). The maximum Gasteiger partial charge on any atom is 0.240 e. The van der Waals surface area contributed by atoms with E-state index in [0.29, 0.717) is 24.9 Å². The van der Waals surface area contributed by atoms with Crippen molar-refractivity contribution in [3.8, 4) is 6.07 Å². The summed E-state index contributed by atoms with van der Waals surface area (Å²) in [4.78, 5) is 4.76. The van der Waals surface area contributed by atoms with Crippen LogP contribution in [0.2, 0.25) is 0 Å². The number of nitriles is 1. The van der Waals surface area contributed by atoms with Gasteiger partial charge in [-0.15, -0.1) is 0 Å². The predicted molar refractivity (Wildman–Crippen MR) is 123 cm³/mol. The van der Waals surface area contributed by atoms with Crippen molar-refractivity contribution in [2.24, 2.45) is 0 Å². The van der Waals surface area contributed by atoms with Crippen molar-refractivity contribution in [2.75, 3.05) is 45.8 Å². The minimum absolute atomic E-state index is 0.0767. The summed E-state index contributed by atoms with van der Waals surface area (Å²) in [6.45, 7) is 4.97. The predicted octanol–water partition coefficient (Wildman–Crippen LogP) is 2.13. The molecule has 0 aromatic heterocycles. The van der Waals surface area contributed by atoms with Crippen molar-refractivity contribution >= 4 is 10.0 Å². The summed E-state index contributed by atoms with van der Waals surface area (Å²) in [5.74, 6) is -1.64. The Morgan fingerprint density at radius 2 is 1.62 bits per heavy atom. The van der Waals surface area contributed by atoms with E-state index in [1.165, 1.54) is 36.4 Å². The number of morpholine rings is 2. The molecule has 2 aliphatic heterocycles. The molecule has 2 aromatic carbocycles. The van der Waals surface area contributed by atoms with Crippen LogP contribution >= 0.6 is 0 Å². The quantitative estimate of drug-likeness (QED) is 0.542. The van der Waals surface area contributed by atoms with Crippen molar-refractivity contribution in [3.63, 3.8) is 0 Å². The van der Waals surface area contributed by atoms with Crippen LogP contribution in [-0.4, -0.2) is 76.2 Å². The molecule has 7 nitrogen and oxygen atoms in total. The van der Waals surface area contributed by atoms with Crippen LogP contribution in [0.25, 0.3) is 0 Å². The molecule has 1 N–H and O–H groups in total. The highest BCUT2D eigenvalue weighted by Gasteiger charge is 2.34. The van der Waals surface area contributed by atoms with Crippen molar-refractivity contribution in [3.05, 3.63) is 65.2 Å². The van der Waals surface area contributed by atoms with Crippen LogP contribution < -0.4 is 4.72 Å². The SMILES string of the molecule is N#Cc1ccc(S(=O)(=O)NCCCN2CC3CN(CCc4ccc(F)c(F)c4)CC(C2)O3)cc1. The molecule has 2 aromatic rings. The third-order valence-electron chi connectivity index (χ3n) is 6.17. The summed E-state index contributed by atoms with van der Waals surface area (Å²) in [6, 6.07) is 11.9. The molecular weight excluding hydrogens is 462 g/mol. The number of nitrogens with zero attached hydrogens (tertiary/aromatic N) is 3. The largest absolute Gasteiger partial charge is 0.370 e. The van der Waals surface area contributed by atoms with Gasteiger partial charge in [0.05, 0.1) is 28.7 Å². The maximum absolute atomic E-state index is 13.4. The second-order valence-corrected chi connectivity index (χ2v) is 10.6. The number of nitrogens with one attached hydrogen (secondary N) is 1. The standard InChI is InChI=1S/C24H28F2N4O3S/c25-23-7-4-18(12-24(23)26)8-11-30-16-20-14-29(15-21(17-30)33-20)10-1-9-28-34(31,32)22-5-2-19(13-27)3-6-22/h2-7,12,20-21,28H,1,8-11,14-17H2. The van der Waals surface area contributed by atoms with Gasteiger partial charge in [0.25, 0.3) is 0 Å². The lowest BCUT2D eigenvalue weighted by Gasteiger charge is -2.46. The van der Waals surface area contributed by atoms with Gasteiger partial charge >= 0.3 is 0 Å². The lowest BCUT2D eigenvalue weighted by atomic mass is 10.1. The molecule has 0 radical (unpaired) electrons. The van der Waals surface area contributed by atoms with E-state index < -0.39 is 21.7 Å². The molecule has 10 heteroatoms. The third-order valence-corrected chi connectivity index (χ3v) is 7.65. The first-order chi connectivity index (χ1) is 16.3. The molecule has 0 saturated carbocycles. The number of halogens is 2. The number of rotatable bonds is 9. The highest BCUT2D eigenvalue weighted by Crippen LogP contribution is 2.20. The molecule has 182 valence electrons. The Labute approximate surface area is 199 Å². The second-order valence-electron chi connectivity index (χ2n) is 8.79. The van der Waals surface area contributed by atoms with Crippen LogP contribution in [0, 0.1) is 23.0 Å². The number of benzene rings is 2. The number of ether oxygens (including phenoxy) is 1. The molecule has 0 amide bonds. The fourth-order valence-corrected chi connectivity index (χ4v) is 5.58. The van der Waals surface area contributed by atoms with Crippen LogP contribution in [-0.2, 0) is 21.2 Å². The van der Waals surface area contributed by atoms with Crippen molar-refractivity contribution in [1.29, 1.82) is 5.26 Å². The highest BCUT2D eigenvalue weighted by atomic mass is 32.2. The zero-order valence-electron chi connectivity index (χ0n) is 18.8. The normalized spacial score (nSPS) is 21.3. The Morgan fingerprint density at radius 3 is 2.24 bits per heavy atom. The first kappa shape index (κ1) is 24.7. The van der Waals surface area contributed by atoms with Crippen LogP contribution in [0.1, 0.15) is 17.5 Å². The maximum atomic E-state index is 13.4. The van der Waals surface area contributed by atoms with E-state index in [1.54, 1.807) is 6.07 Å². The first-order valence-electron chi connectivity index (χ1n) is 11.4. The molecule has 2 aliphatic rings. The molecule has 0 aliphatic carbocycles. The summed E-state index contributed by atoms with van der Waals surface area (Å²) < 4.78 is 60.0. The molecule has 2 saturated heterocycles. The molecule has 2 fully saturated rings. The van der Waals surface area contributed by atoms with Gasteiger partial charge < -0.3 is 4.74 Å². The number of hydrogen-bond donors (Lipinski definition) is 1. The van der Waals surface area contributed by atoms with Gasteiger partial charge in [-0.05, 0) is 61.3 Å². The van der Waals surface area contributed by atoms with Gasteiger partial charge in [0, 0.05) is 39.3 Å². The summed E-state index contributed by atoms with van der Waals surface area (Å²) >= 11 is 0. The van der Waals surface area contributed by atoms with Crippen LogP contribution in [0.4, 0.5) is 8.78 Å². The Bertz CT molecular complexity index is 1120. The molecular formula is C24H28F2N4O3S. The Hall–Kier alpha value is -2.42. The molecule has 34 heavy (non-hydrogen) atoms. The first-order valence-corrected chi connectivity index (χ1v) is 12.8. The fourth-order valence-electron chi connectivity index (χ4n) is 4.51. The number of sulfonamides is 1. The lowest BCUT2D eigenvalue weighted by Crippen LogP contribution is -2.59. The van der Waals surface area contributed by atoms with Gasteiger partial charge in [-0.2, -0.15) is 5.26 Å². The van der Waals surface area contributed by atoms with E-state index in [9.17, 15) is 17.2 Å². The monoisotopic (exact) mass is 490 g/mol.